The van der Waals surface area contributed by atoms with E-state index in [2.05, 4.69) is 4.98 Å². The molecule has 0 radical (unpaired) electrons. The molecule has 0 saturated carbocycles. The van der Waals surface area contributed by atoms with Crippen molar-refractivity contribution in [3.63, 3.8) is 0 Å². The minimum absolute atomic E-state index is 0.290. The normalized spacial score (nSPS) is 10.5. The van der Waals surface area contributed by atoms with Crippen molar-refractivity contribution in [3.8, 4) is 5.75 Å². The molecule has 0 aliphatic carbocycles. The molecular formula is C9H8FNO. The number of benzene rings is 1. The number of ether oxygens (including phenoxy) is 1. The van der Waals surface area contributed by atoms with Gasteiger partial charge in [0.05, 0.1) is 12.6 Å². The van der Waals surface area contributed by atoms with Crippen LogP contribution >= 0.6 is 0 Å². The van der Waals surface area contributed by atoms with Gasteiger partial charge in [-0.25, -0.2) is 4.39 Å². The first kappa shape index (κ1) is 7.16. The Labute approximate surface area is 69.0 Å². The van der Waals surface area contributed by atoms with Crippen LogP contribution in [0.25, 0.3) is 10.9 Å². The van der Waals surface area contributed by atoms with Gasteiger partial charge in [0.15, 0.2) is 0 Å². The Morgan fingerprint density at radius 1 is 1.42 bits per heavy atom. The molecule has 1 aromatic carbocycles. The number of rotatable bonds is 1. The van der Waals surface area contributed by atoms with Gasteiger partial charge in [0.1, 0.15) is 11.6 Å². The van der Waals surface area contributed by atoms with Crippen molar-refractivity contribution in [2.45, 2.75) is 0 Å². The predicted molar refractivity (Wildman–Crippen MR) is 44.8 cm³/mol. The van der Waals surface area contributed by atoms with Crippen LogP contribution in [0, 0.1) is 5.82 Å². The summed E-state index contributed by atoms with van der Waals surface area (Å²) in [6.45, 7) is 0. The van der Waals surface area contributed by atoms with Crippen molar-refractivity contribution in [2.24, 2.45) is 0 Å². The van der Waals surface area contributed by atoms with E-state index in [1.807, 2.05) is 6.07 Å². The smallest absolute Gasteiger partial charge is 0.131 e. The maximum atomic E-state index is 12.9. The van der Waals surface area contributed by atoms with Gasteiger partial charge in [0.2, 0.25) is 0 Å². The average Bonchev–Trinajstić information content (AvgIpc) is 2.50. The Morgan fingerprint density at radius 3 is 3.00 bits per heavy atom. The summed E-state index contributed by atoms with van der Waals surface area (Å²) in [5.74, 6) is 0.271. The van der Waals surface area contributed by atoms with Crippen molar-refractivity contribution >= 4 is 10.9 Å². The van der Waals surface area contributed by atoms with Crippen LogP contribution in [-0.4, -0.2) is 12.1 Å². The van der Waals surface area contributed by atoms with E-state index in [-0.39, 0.29) is 5.82 Å². The first-order valence-electron chi connectivity index (χ1n) is 3.62. The standard InChI is InChI=1S/C9H8FNO/c1-12-9-5-6(10)4-8-7(9)2-3-11-8/h2-5,11H,1H3. The number of fused-ring (bicyclic) bond motifs is 1. The number of nitrogens with one attached hydrogen (secondary N) is 1. The summed E-state index contributed by atoms with van der Waals surface area (Å²) >= 11 is 0. The van der Waals surface area contributed by atoms with Crippen LogP contribution in [0.4, 0.5) is 4.39 Å². The quantitative estimate of drug-likeness (QED) is 0.689. The molecule has 0 saturated heterocycles. The maximum Gasteiger partial charge on any atom is 0.131 e. The van der Waals surface area contributed by atoms with Gasteiger partial charge in [0, 0.05) is 17.6 Å². The van der Waals surface area contributed by atoms with Crippen LogP contribution in [0.1, 0.15) is 0 Å². The summed E-state index contributed by atoms with van der Waals surface area (Å²) < 4.78 is 17.9. The lowest BCUT2D eigenvalue weighted by molar-refractivity contribution is 0.416. The molecule has 1 aromatic heterocycles. The van der Waals surface area contributed by atoms with Gasteiger partial charge in [-0.05, 0) is 12.1 Å². The fourth-order valence-electron chi connectivity index (χ4n) is 1.27. The summed E-state index contributed by atoms with van der Waals surface area (Å²) in [5.41, 5.74) is 0.756. The van der Waals surface area contributed by atoms with Crippen LogP contribution < -0.4 is 4.74 Å². The van der Waals surface area contributed by atoms with Crippen molar-refractivity contribution in [1.29, 1.82) is 0 Å². The van der Waals surface area contributed by atoms with Gasteiger partial charge < -0.3 is 9.72 Å². The highest BCUT2D eigenvalue weighted by atomic mass is 19.1. The Balaban J connectivity index is 2.80. The largest absolute Gasteiger partial charge is 0.496 e. The van der Waals surface area contributed by atoms with Gasteiger partial charge in [-0.1, -0.05) is 0 Å². The first-order valence-corrected chi connectivity index (χ1v) is 3.62. The molecule has 1 heterocycles. The Bertz CT molecular complexity index is 408. The zero-order chi connectivity index (χ0) is 8.55. The molecule has 0 bridgehead atoms. The van der Waals surface area contributed by atoms with E-state index in [1.54, 1.807) is 6.20 Å². The SMILES string of the molecule is COc1cc(F)cc2[nH]ccc12. The van der Waals surface area contributed by atoms with Crippen LogP contribution in [0.3, 0.4) is 0 Å². The molecule has 2 rings (SSSR count). The molecule has 12 heavy (non-hydrogen) atoms. The third-order valence-corrected chi connectivity index (χ3v) is 1.82. The van der Waals surface area contributed by atoms with E-state index in [0.717, 1.165) is 10.9 Å². The highest BCUT2D eigenvalue weighted by molar-refractivity contribution is 5.85. The molecule has 0 amide bonds. The summed E-state index contributed by atoms with van der Waals surface area (Å²) in [4.78, 5) is 2.92. The zero-order valence-corrected chi connectivity index (χ0v) is 6.60. The molecule has 2 aromatic rings. The van der Waals surface area contributed by atoms with Gasteiger partial charge in [-0.15, -0.1) is 0 Å². The Morgan fingerprint density at radius 2 is 2.25 bits per heavy atom. The minimum atomic E-state index is -0.290. The molecular weight excluding hydrogens is 157 g/mol. The first-order chi connectivity index (χ1) is 5.81. The average molecular weight is 165 g/mol. The van der Waals surface area contributed by atoms with E-state index in [0.29, 0.717) is 5.75 Å². The van der Waals surface area contributed by atoms with Gasteiger partial charge in [-0.3, -0.25) is 0 Å². The van der Waals surface area contributed by atoms with Crippen LogP contribution in [0.5, 0.6) is 5.75 Å². The molecule has 0 aliphatic heterocycles. The lowest BCUT2D eigenvalue weighted by atomic mass is 10.2. The molecule has 62 valence electrons. The van der Waals surface area contributed by atoms with Crippen molar-refractivity contribution in [1.82, 2.24) is 4.98 Å². The van der Waals surface area contributed by atoms with Gasteiger partial charge in [0.25, 0.3) is 0 Å². The van der Waals surface area contributed by atoms with Crippen molar-refractivity contribution < 1.29 is 9.13 Å². The highest BCUT2D eigenvalue weighted by Crippen LogP contribution is 2.25. The number of H-pyrrole nitrogens is 1. The van der Waals surface area contributed by atoms with Crippen LogP contribution in [-0.2, 0) is 0 Å². The molecule has 0 aliphatic rings. The Kier molecular flexibility index (Phi) is 1.50. The van der Waals surface area contributed by atoms with E-state index < -0.39 is 0 Å². The van der Waals surface area contributed by atoms with Gasteiger partial charge in [-0.2, -0.15) is 0 Å². The molecule has 3 heteroatoms. The maximum absolute atomic E-state index is 12.9. The van der Waals surface area contributed by atoms with E-state index in [9.17, 15) is 4.39 Å². The van der Waals surface area contributed by atoms with E-state index in [1.165, 1.54) is 19.2 Å². The van der Waals surface area contributed by atoms with Crippen molar-refractivity contribution in [3.05, 3.63) is 30.2 Å². The fraction of sp³-hybridized carbons (Fsp3) is 0.111. The minimum Gasteiger partial charge on any atom is -0.496 e. The number of hydrogen-bond acceptors (Lipinski definition) is 1. The zero-order valence-electron chi connectivity index (χ0n) is 6.60. The topological polar surface area (TPSA) is 25.0 Å². The second-order valence-electron chi connectivity index (χ2n) is 2.55. The monoisotopic (exact) mass is 165 g/mol. The van der Waals surface area contributed by atoms with E-state index >= 15 is 0 Å². The molecule has 0 atom stereocenters. The number of aromatic amines is 1. The number of hydrogen-bond donors (Lipinski definition) is 1. The molecule has 0 spiro atoms. The van der Waals surface area contributed by atoms with Gasteiger partial charge >= 0.3 is 0 Å². The fourth-order valence-corrected chi connectivity index (χ4v) is 1.27. The third-order valence-electron chi connectivity index (χ3n) is 1.82. The number of halogens is 1. The third kappa shape index (κ3) is 0.942. The van der Waals surface area contributed by atoms with Crippen molar-refractivity contribution in [2.75, 3.05) is 7.11 Å². The second-order valence-corrected chi connectivity index (χ2v) is 2.55. The summed E-state index contributed by atoms with van der Waals surface area (Å²) in [6.07, 6.45) is 1.76. The summed E-state index contributed by atoms with van der Waals surface area (Å²) in [5, 5.41) is 0.902. The highest BCUT2D eigenvalue weighted by Gasteiger charge is 2.03. The lowest BCUT2D eigenvalue weighted by Crippen LogP contribution is -1.84. The van der Waals surface area contributed by atoms with Crippen LogP contribution in [0.15, 0.2) is 24.4 Å². The number of aromatic nitrogens is 1. The Hall–Kier alpha value is -1.51. The predicted octanol–water partition coefficient (Wildman–Crippen LogP) is 2.32. The molecule has 0 fully saturated rings. The second kappa shape index (κ2) is 2.52. The molecule has 1 N–H and O–H groups in total. The molecule has 2 nitrogen and oxygen atoms in total. The van der Waals surface area contributed by atoms with E-state index in [4.69, 9.17) is 4.74 Å². The lowest BCUT2D eigenvalue weighted by Gasteiger charge is -2.00. The summed E-state index contributed by atoms with van der Waals surface area (Å²) in [7, 11) is 1.53. The summed E-state index contributed by atoms with van der Waals surface area (Å²) in [6, 6.07) is 4.67. The number of methoxy groups -OCH3 is 1. The molecule has 0 unspecified atom stereocenters. The van der Waals surface area contributed by atoms with Crippen LogP contribution in [0.2, 0.25) is 0 Å².